The van der Waals surface area contributed by atoms with Crippen LogP contribution in [0.4, 0.5) is 0 Å². The number of methoxy groups -OCH3 is 1. The van der Waals surface area contributed by atoms with E-state index in [4.69, 9.17) is 9.15 Å². The van der Waals surface area contributed by atoms with E-state index in [1.54, 1.807) is 26.0 Å². The van der Waals surface area contributed by atoms with Crippen molar-refractivity contribution in [1.29, 1.82) is 0 Å². The number of ether oxygens (including phenoxy) is 1. The van der Waals surface area contributed by atoms with Crippen molar-refractivity contribution in [2.45, 2.75) is 20.5 Å². The molecule has 0 radical (unpaired) electrons. The lowest BCUT2D eigenvalue weighted by Gasteiger charge is -2.10. The topological polar surface area (TPSA) is 59.7 Å². The van der Waals surface area contributed by atoms with Crippen molar-refractivity contribution in [3.05, 3.63) is 39.2 Å². The fraction of sp³-hybridized carbons (Fsp3) is 0.308. The van der Waals surface area contributed by atoms with E-state index in [1.165, 1.54) is 7.11 Å². The summed E-state index contributed by atoms with van der Waals surface area (Å²) < 4.78 is 10.7. The summed E-state index contributed by atoms with van der Waals surface area (Å²) >= 11 is 0. The standard InChI is InChI=1S/C13H14O4/c1-7-8(2)17-13-9(12(7)15)4-5-11(16-3)10(13)6-14/h4-5,14H,6H2,1-3H3. The summed E-state index contributed by atoms with van der Waals surface area (Å²) in [5.41, 5.74) is 1.43. The van der Waals surface area contributed by atoms with Gasteiger partial charge in [-0.1, -0.05) is 0 Å². The number of hydrogen-bond donors (Lipinski definition) is 1. The van der Waals surface area contributed by atoms with Crippen molar-refractivity contribution in [2.24, 2.45) is 0 Å². The van der Waals surface area contributed by atoms with Crippen LogP contribution in [0.5, 0.6) is 5.75 Å². The summed E-state index contributed by atoms with van der Waals surface area (Å²) in [5.74, 6) is 1.08. The van der Waals surface area contributed by atoms with Crippen LogP contribution in [-0.2, 0) is 6.61 Å². The summed E-state index contributed by atoms with van der Waals surface area (Å²) in [6.45, 7) is 3.23. The zero-order valence-electron chi connectivity index (χ0n) is 10.0. The highest BCUT2D eigenvalue weighted by Crippen LogP contribution is 2.27. The van der Waals surface area contributed by atoms with Crippen molar-refractivity contribution in [3.8, 4) is 5.75 Å². The molecule has 2 rings (SSSR count). The fourth-order valence-corrected chi connectivity index (χ4v) is 1.84. The molecular formula is C13H14O4. The number of hydrogen-bond acceptors (Lipinski definition) is 4. The molecule has 1 aromatic carbocycles. The van der Waals surface area contributed by atoms with Crippen LogP contribution in [0.1, 0.15) is 16.9 Å². The highest BCUT2D eigenvalue weighted by Gasteiger charge is 2.14. The van der Waals surface area contributed by atoms with E-state index < -0.39 is 0 Å². The van der Waals surface area contributed by atoms with Crippen LogP contribution in [0.25, 0.3) is 11.0 Å². The van der Waals surface area contributed by atoms with Gasteiger partial charge < -0.3 is 14.3 Å². The maximum absolute atomic E-state index is 12.0. The summed E-state index contributed by atoms with van der Waals surface area (Å²) in [4.78, 5) is 12.0. The monoisotopic (exact) mass is 234 g/mol. The zero-order valence-corrected chi connectivity index (χ0v) is 10.0. The van der Waals surface area contributed by atoms with E-state index in [2.05, 4.69) is 0 Å². The van der Waals surface area contributed by atoms with Crippen LogP contribution in [0.15, 0.2) is 21.3 Å². The quantitative estimate of drug-likeness (QED) is 0.862. The molecule has 0 fully saturated rings. The molecule has 90 valence electrons. The SMILES string of the molecule is COc1ccc2c(=O)c(C)c(C)oc2c1CO. The molecule has 0 spiro atoms. The van der Waals surface area contributed by atoms with Gasteiger partial charge in [0.15, 0.2) is 5.43 Å². The normalized spacial score (nSPS) is 10.8. The second-order valence-electron chi connectivity index (χ2n) is 3.89. The van der Waals surface area contributed by atoms with Gasteiger partial charge in [0, 0.05) is 5.56 Å². The molecule has 1 N–H and O–H groups in total. The first-order valence-electron chi connectivity index (χ1n) is 5.31. The Labute approximate surface area is 98.4 Å². The predicted molar refractivity (Wildman–Crippen MR) is 64.4 cm³/mol. The molecule has 0 saturated carbocycles. The van der Waals surface area contributed by atoms with Crippen molar-refractivity contribution in [1.82, 2.24) is 0 Å². The van der Waals surface area contributed by atoms with Gasteiger partial charge in [0.25, 0.3) is 0 Å². The molecule has 0 aliphatic heterocycles. The van der Waals surface area contributed by atoms with Crippen molar-refractivity contribution < 1.29 is 14.3 Å². The van der Waals surface area contributed by atoms with Crippen LogP contribution in [0.3, 0.4) is 0 Å². The number of aliphatic hydroxyl groups is 1. The molecule has 4 nitrogen and oxygen atoms in total. The van der Waals surface area contributed by atoms with Crippen LogP contribution in [0.2, 0.25) is 0 Å². The largest absolute Gasteiger partial charge is 0.496 e. The number of fused-ring (bicyclic) bond motifs is 1. The second-order valence-corrected chi connectivity index (χ2v) is 3.89. The molecule has 0 unspecified atom stereocenters. The highest BCUT2D eigenvalue weighted by atomic mass is 16.5. The lowest BCUT2D eigenvalue weighted by Crippen LogP contribution is -2.08. The third-order valence-corrected chi connectivity index (χ3v) is 2.96. The van der Waals surface area contributed by atoms with Gasteiger partial charge in [-0.3, -0.25) is 4.79 Å². The van der Waals surface area contributed by atoms with E-state index in [0.717, 1.165) is 0 Å². The Morgan fingerprint density at radius 1 is 1.35 bits per heavy atom. The molecule has 0 bridgehead atoms. The maximum atomic E-state index is 12.0. The minimum atomic E-state index is -0.230. The fourth-order valence-electron chi connectivity index (χ4n) is 1.84. The Kier molecular flexibility index (Phi) is 2.90. The number of benzene rings is 1. The van der Waals surface area contributed by atoms with Gasteiger partial charge in [0.1, 0.15) is 17.1 Å². The minimum Gasteiger partial charge on any atom is -0.496 e. The van der Waals surface area contributed by atoms with E-state index in [1.807, 2.05) is 0 Å². The van der Waals surface area contributed by atoms with Crippen LogP contribution < -0.4 is 10.2 Å². The van der Waals surface area contributed by atoms with Gasteiger partial charge in [-0.05, 0) is 26.0 Å². The molecule has 2 aromatic rings. The average Bonchev–Trinajstić information content (AvgIpc) is 2.34. The molecule has 0 aliphatic carbocycles. The maximum Gasteiger partial charge on any atom is 0.195 e. The van der Waals surface area contributed by atoms with Gasteiger partial charge in [-0.25, -0.2) is 0 Å². The number of aliphatic hydroxyl groups excluding tert-OH is 1. The molecule has 4 heteroatoms. The Hall–Kier alpha value is -1.81. The molecule has 0 amide bonds. The smallest absolute Gasteiger partial charge is 0.195 e. The minimum absolute atomic E-state index is 0.0684. The Morgan fingerprint density at radius 3 is 2.65 bits per heavy atom. The first-order chi connectivity index (χ1) is 8.10. The summed E-state index contributed by atoms with van der Waals surface area (Å²) in [5, 5.41) is 9.83. The Balaban J connectivity index is 2.96. The Bertz CT molecular complexity index is 625. The van der Waals surface area contributed by atoms with E-state index in [9.17, 15) is 9.90 Å². The van der Waals surface area contributed by atoms with Gasteiger partial charge >= 0.3 is 0 Å². The lowest BCUT2D eigenvalue weighted by molar-refractivity contribution is 0.273. The van der Waals surface area contributed by atoms with E-state index in [0.29, 0.717) is 33.6 Å². The Morgan fingerprint density at radius 2 is 2.06 bits per heavy atom. The first-order valence-corrected chi connectivity index (χ1v) is 5.31. The average molecular weight is 234 g/mol. The van der Waals surface area contributed by atoms with Crippen LogP contribution in [0, 0.1) is 13.8 Å². The van der Waals surface area contributed by atoms with Gasteiger partial charge in [0.05, 0.1) is 24.7 Å². The van der Waals surface area contributed by atoms with Crippen LogP contribution in [-0.4, -0.2) is 12.2 Å². The van der Waals surface area contributed by atoms with Gasteiger partial charge in [0.2, 0.25) is 0 Å². The van der Waals surface area contributed by atoms with Gasteiger partial charge in [-0.15, -0.1) is 0 Å². The predicted octanol–water partition coefficient (Wildman–Crippen LogP) is 1.91. The van der Waals surface area contributed by atoms with E-state index >= 15 is 0 Å². The molecular weight excluding hydrogens is 220 g/mol. The summed E-state index contributed by atoms with van der Waals surface area (Å²) in [6, 6.07) is 3.32. The lowest BCUT2D eigenvalue weighted by atomic mass is 10.1. The zero-order chi connectivity index (χ0) is 12.6. The third kappa shape index (κ3) is 1.70. The number of aryl methyl sites for hydroxylation is 1. The highest BCUT2D eigenvalue weighted by molar-refractivity contribution is 5.82. The van der Waals surface area contributed by atoms with Gasteiger partial charge in [-0.2, -0.15) is 0 Å². The number of rotatable bonds is 2. The molecule has 0 saturated heterocycles. The summed E-state index contributed by atoms with van der Waals surface area (Å²) in [6.07, 6.45) is 0. The van der Waals surface area contributed by atoms with E-state index in [-0.39, 0.29) is 12.0 Å². The first kappa shape index (κ1) is 11.7. The summed E-state index contributed by atoms with van der Waals surface area (Å²) in [7, 11) is 1.51. The van der Waals surface area contributed by atoms with Crippen molar-refractivity contribution in [3.63, 3.8) is 0 Å². The molecule has 0 aliphatic rings. The molecule has 1 aromatic heterocycles. The second kappa shape index (κ2) is 4.22. The molecule has 1 heterocycles. The van der Waals surface area contributed by atoms with Crippen molar-refractivity contribution >= 4 is 11.0 Å². The molecule has 0 atom stereocenters. The van der Waals surface area contributed by atoms with Crippen molar-refractivity contribution in [2.75, 3.05) is 7.11 Å². The molecule has 17 heavy (non-hydrogen) atoms. The van der Waals surface area contributed by atoms with Crippen LogP contribution >= 0.6 is 0 Å². The third-order valence-electron chi connectivity index (χ3n) is 2.96.